The van der Waals surface area contributed by atoms with Crippen molar-refractivity contribution in [2.24, 2.45) is 11.8 Å². The van der Waals surface area contributed by atoms with Crippen LogP contribution in [0.15, 0.2) is 60.8 Å². The predicted molar refractivity (Wildman–Crippen MR) is 127 cm³/mol. The average Bonchev–Trinajstić information content (AvgIpc) is 3.54. The van der Waals surface area contributed by atoms with Crippen LogP contribution in [0.3, 0.4) is 0 Å². The quantitative estimate of drug-likeness (QED) is 0.593. The highest BCUT2D eigenvalue weighted by molar-refractivity contribution is 5.99. The number of aromatic amines is 1. The predicted octanol–water partition coefficient (Wildman–Crippen LogP) is 3.75. The summed E-state index contributed by atoms with van der Waals surface area (Å²) in [6.07, 6.45) is 6.39. The maximum absolute atomic E-state index is 13.5. The molecular weight excluding hydrogens is 414 g/mol. The number of nitrogens with one attached hydrogen (secondary N) is 2. The van der Waals surface area contributed by atoms with Gasteiger partial charge in [-0.2, -0.15) is 0 Å². The van der Waals surface area contributed by atoms with Gasteiger partial charge in [-0.05, 0) is 49.1 Å². The first kappa shape index (κ1) is 20.2. The SMILES string of the molecule is Cc1ccc(C)c(NC(=O)[C@H]2[C@H]3C(=O)N(CCc4c[nH]c5ccccc45)C[C@@]34C=C[C@H]2O4)c1. The fourth-order valence-corrected chi connectivity index (χ4v) is 5.75. The Morgan fingerprint density at radius 2 is 2.09 bits per heavy atom. The zero-order valence-electron chi connectivity index (χ0n) is 18.8. The van der Waals surface area contributed by atoms with Gasteiger partial charge in [0.05, 0.1) is 24.5 Å². The third-order valence-electron chi connectivity index (χ3n) is 7.46. The van der Waals surface area contributed by atoms with Crippen molar-refractivity contribution in [3.63, 3.8) is 0 Å². The number of carbonyl (C=O) groups is 2. The Morgan fingerprint density at radius 3 is 2.97 bits per heavy atom. The highest BCUT2D eigenvalue weighted by atomic mass is 16.5. The third kappa shape index (κ3) is 3.12. The van der Waals surface area contributed by atoms with E-state index < -0.39 is 17.4 Å². The van der Waals surface area contributed by atoms with Crippen molar-refractivity contribution in [2.75, 3.05) is 18.4 Å². The topological polar surface area (TPSA) is 74.4 Å². The highest BCUT2D eigenvalue weighted by Gasteiger charge is 2.66. The van der Waals surface area contributed by atoms with Crippen LogP contribution in [-0.4, -0.2) is 46.5 Å². The molecule has 2 amide bonds. The summed E-state index contributed by atoms with van der Waals surface area (Å²) in [5.74, 6) is -1.11. The zero-order chi connectivity index (χ0) is 22.7. The summed E-state index contributed by atoms with van der Waals surface area (Å²) < 4.78 is 6.28. The summed E-state index contributed by atoms with van der Waals surface area (Å²) in [6.45, 7) is 5.08. The maximum Gasteiger partial charge on any atom is 0.231 e. The minimum Gasteiger partial charge on any atom is -0.361 e. The number of hydrogen-bond acceptors (Lipinski definition) is 3. The molecule has 4 atom stereocenters. The van der Waals surface area contributed by atoms with Crippen molar-refractivity contribution < 1.29 is 14.3 Å². The Labute approximate surface area is 192 Å². The van der Waals surface area contributed by atoms with E-state index in [0.717, 1.165) is 28.8 Å². The normalized spacial score (nSPS) is 27.5. The number of para-hydroxylation sites is 1. The number of hydrogen-bond donors (Lipinski definition) is 2. The molecule has 0 aliphatic carbocycles. The van der Waals surface area contributed by atoms with Gasteiger partial charge >= 0.3 is 0 Å². The number of aromatic nitrogens is 1. The van der Waals surface area contributed by atoms with Crippen molar-refractivity contribution in [1.82, 2.24) is 9.88 Å². The van der Waals surface area contributed by atoms with Crippen molar-refractivity contribution in [3.8, 4) is 0 Å². The standard InChI is InChI=1S/C27H27N3O3/c1-16-7-8-17(2)21(13-16)29-25(31)23-22-9-11-27(33-22)15-30(26(32)24(23)27)12-10-18-14-28-20-6-4-3-5-19(18)20/h3-9,11,13-14,22-24,28H,10,12,15H2,1-2H3,(H,29,31)/t22-,23-,24+,27+/m1/s1. The van der Waals surface area contributed by atoms with E-state index >= 15 is 0 Å². The van der Waals surface area contributed by atoms with Crippen LogP contribution in [0.25, 0.3) is 10.9 Å². The van der Waals surface area contributed by atoms with Crippen LogP contribution in [0.5, 0.6) is 0 Å². The molecule has 0 unspecified atom stereocenters. The van der Waals surface area contributed by atoms with Gasteiger partial charge in [-0.1, -0.05) is 42.5 Å². The average molecular weight is 442 g/mol. The van der Waals surface area contributed by atoms with Crippen LogP contribution in [-0.2, 0) is 20.7 Å². The molecule has 1 spiro atoms. The first-order valence-corrected chi connectivity index (χ1v) is 11.5. The molecule has 2 saturated heterocycles. The Balaban J connectivity index is 1.21. The lowest BCUT2D eigenvalue weighted by molar-refractivity contribution is -0.135. The van der Waals surface area contributed by atoms with Gasteiger partial charge in [0, 0.05) is 29.3 Å². The van der Waals surface area contributed by atoms with E-state index in [2.05, 4.69) is 22.4 Å². The molecule has 0 radical (unpaired) electrons. The van der Waals surface area contributed by atoms with Gasteiger partial charge in [0.15, 0.2) is 0 Å². The molecule has 4 heterocycles. The van der Waals surface area contributed by atoms with E-state index in [1.807, 2.05) is 67.4 Å². The summed E-state index contributed by atoms with van der Waals surface area (Å²) in [5.41, 5.74) is 4.48. The Morgan fingerprint density at radius 1 is 1.24 bits per heavy atom. The van der Waals surface area contributed by atoms with Gasteiger partial charge < -0.3 is 19.9 Å². The molecule has 168 valence electrons. The number of carbonyl (C=O) groups excluding carboxylic acids is 2. The fraction of sp³-hybridized carbons (Fsp3) is 0.333. The second-order valence-electron chi connectivity index (χ2n) is 9.58. The van der Waals surface area contributed by atoms with Crippen molar-refractivity contribution in [2.45, 2.75) is 32.0 Å². The second-order valence-corrected chi connectivity index (χ2v) is 9.58. The number of H-pyrrole nitrogens is 1. The minimum atomic E-state index is -0.689. The molecule has 6 nitrogen and oxygen atoms in total. The van der Waals surface area contributed by atoms with E-state index in [9.17, 15) is 9.59 Å². The Hall–Kier alpha value is -3.38. The summed E-state index contributed by atoms with van der Waals surface area (Å²) in [5, 5.41) is 4.25. The molecular formula is C27H27N3O3. The second kappa shape index (κ2) is 7.32. The summed E-state index contributed by atoms with van der Waals surface area (Å²) >= 11 is 0. The van der Waals surface area contributed by atoms with E-state index in [1.165, 1.54) is 10.9 Å². The van der Waals surface area contributed by atoms with Gasteiger partial charge in [-0.25, -0.2) is 0 Å². The highest BCUT2D eigenvalue weighted by Crippen LogP contribution is 2.52. The van der Waals surface area contributed by atoms with Gasteiger partial charge in [-0.3, -0.25) is 9.59 Å². The monoisotopic (exact) mass is 441 g/mol. The third-order valence-corrected chi connectivity index (χ3v) is 7.46. The van der Waals surface area contributed by atoms with Gasteiger partial charge in [0.2, 0.25) is 11.8 Å². The molecule has 2 bridgehead atoms. The van der Waals surface area contributed by atoms with E-state index in [-0.39, 0.29) is 17.9 Å². The van der Waals surface area contributed by atoms with Crippen LogP contribution in [0, 0.1) is 25.7 Å². The number of likely N-dealkylation sites (tertiary alicyclic amines) is 1. The lowest BCUT2D eigenvalue weighted by Gasteiger charge is -2.24. The maximum atomic E-state index is 13.5. The summed E-state index contributed by atoms with van der Waals surface area (Å²) in [4.78, 5) is 32.0. The van der Waals surface area contributed by atoms with Crippen LogP contribution in [0.4, 0.5) is 5.69 Å². The van der Waals surface area contributed by atoms with Gasteiger partial charge in [0.1, 0.15) is 5.60 Å². The minimum absolute atomic E-state index is 0.0165. The largest absolute Gasteiger partial charge is 0.361 e. The number of amides is 2. The number of ether oxygens (including phenoxy) is 1. The molecule has 0 saturated carbocycles. The van der Waals surface area contributed by atoms with Crippen LogP contribution in [0.2, 0.25) is 0 Å². The Kier molecular flexibility index (Phi) is 4.49. The molecule has 1 aromatic heterocycles. The molecule has 2 fully saturated rings. The zero-order valence-corrected chi connectivity index (χ0v) is 18.8. The molecule has 3 aromatic rings. The fourth-order valence-electron chi connectivity index (χ4n) is 5.75. The Bertz CT molecular complexity index is 1310. The number of aryl methyl sites for hydroxylation is 2. The van der Waals surface area contributed by atoms with E-state index in [1.54, 1.807) is 0 Å². The molecule has 33 heavy (non-hydrogen) atoms. The number of rotatable bonds is 5. The van der Waals surface area contributed by atoms with Crippen molar-refractivity contribution in [1.29, 1.82) is 0 Å². The first-order chi connectivity index (χ1) is 15.9. The smallest absolute Gasteiger partial charge is 0.231 e. The van der Waals surface area contributed by atoms with Crippen molar-refractivity contribution in [3.05, 3.63) is 77.5 Å². The van der Waals surface area contributed by atoms with Crippen LogP contribution in [0.1, 0.15) is 16.7 Å². The lowest BCUT2D eigenvalue weighted by atomic mass is 9.76. The number of nitrogens with zero attached hydrogens (tertiary/aromatic N) is 1. The number of anilines is 1. The van der Waals surface area contributed by atoms with Crippen LogP contribution < -0.4 is 5.32 Å². The molecule has 2 N–H and O–H groups in total. The molecule has 6 rings (SSSR count). The lowest BCUT2D eigenvalue weighted by Crippen LogP contribution is -2.41. The van der Waals surface area contributed by atoms with Crippen LogP contribution >= 0.6 is 0 Å². The van der Waals surface area contributed by atoms with E-state index in [4.69, 9.17) is 4.74 Å². The van der Waals surface area contributed by atoms with Gasteiger partial charge in [-0.15, -0.1) is 0 Å². The molecule has 2 aromatic carbocycles. The number of benzene rings is 2. The summed E-state index contributed by atoms with van der Waals surface area (Å²) in [7, 11) is 0. The first-order valence-electron chi connectivity index (χ1n) is 11.5. The molecule has 3 aliphatic rings. The van der Waals surface area contributed by atoms with E-state index in [0.29, 0.717) is 13.1 Å². The summed E-state index contributed by atoms with van der Waals surface area (Å²) in [6, 6.07) is 14.2. The van der Waals surface area contributed by atoms with Gasteiger partial charge in [0.25, 0.3) is 0 Å². The van der Waals surface area contributed by atoms with Crippen molar-refractivity contribution >= 4 is 28.4 Å². The number of fused-ring (bicyclic) bond motifs is 2. The molecule has 3 aliphatic heterocycles. The molecule has 6 heteroatoms.